The molecule has 0 spiro atoms. The third-order valence-electron chi connectivity index (χ3n) is 5.70. The van der Waals surface area contributed by atoms with Crippen LogP contribution in [-0.4, -0.2) is 40.9 Å². The van der Waals surface area contributed by atoms with Crippen molar-refractivity contribution in [2.24, 2.45) is 16.0 Å². The van der Waals surface area contributed by atoms with E-state index in [9.17, 15) is 0 Å². The van der Waals surface area contributed by atoms with Crippen LogP contribution in [0.2, 0.25) is 0 Å². The largest absolute Gasteiger partial charge is 0.378 e. The van der Waals surface area contributed by atoms with Gasteiger partial charge in [0, 0.05) is 19.7 Å². The maximum atomic E-state index is 5.05. The first kappa shape index (κ1) is 18.8. The van der Waals surface area contributed by atoms with Crippen LogP contribution in [-0.2, 0) is 6.54 Å². The molecule has 0 aromatic heterocycles. The maximum Gasteiger partial charge on any atom is 0.192 e. The zero-order valence-electron chi connectivity index (χ0n) is 17.2. The van der Waals surface area contributed by atoms with E-state index in [1.807, 2.05) is 13.1 Å². The number of amidine groups is 2. The van der Waals surface area contributed by atoms with E-state index in [4.69, 9.17) is 10.1 Å². The van der Waals surface area contributed by atoms with E-state index in [1.54, 1.807) is 0 Å². The van der Waals surface area contributed by atoms with Crippen LogP contribution in [0.5, 0.6) is 0 Å². The zero-order chi connectivity index (χ0) is 19.5. The summed E-state index contributed by atoms with van der Waals surface area (Å²) < 4.78 is 0. The van der Waals surface area contributed by atoms with Gasteiger partial charge in [-0.05, 0) is 24.3 Å². The number of aliphatic imine (C=N–C) groups is 1. The topological polar surface area (TPSA) is 55.3 Å². The zero-order valence-corrected chi connectivity index (χ0v) is 17.2. The molecule has 4 rings (SSSR count). The number of nitrogens with one attached hydrogen (secondary N) is 2. The first-order valence-corrected chi connectivity index (χ1v) is 10.6. The lowest BCUT2D eigenvalue weighted by molar-refractivity contribution is 0.0954. The quantitative estimate of drug-likeness (QED) is 0.821. The molecule has 0 saturated heterocycles. The van der Waals surface area contributed by atoms with Crippen LogP contribution >= 0.6 is 0 Å². The Hall–Kier alpha value is -2.50. The highest BCUT2D eigenvalue weighted by atomic mass is 15.7. The van der Waals surface area contributed by atoms with Crippen LogP contribution in [0.4, 0.5) is 0 Å². The Kier molecular flexibility index (Phi) is 5.55. The molecule has 2 heterocycles. The van der Waals surface area contributed by atoms with Gasteiger partial charge in [-0.3, -0.25) is 15.4 Å². The van der Waals surface area contributed by atoms with Gasteiger partial charge in [0.15, 0.2) is 5.84 Å². The normalized spacial score (nSPS) is 24.1. The SMILES string of the molecule is CC(C)C1N(C)N=C2C(NCc3ccccc3)=CC(=NC3CCCCC3)NN21. The van der Waals surface area contributed by atoms with Crippen molar-refractivity contribution in [3.63, 3.8) is 0 Å². The van der Waals surface area contributed by atoms with Crippen LogP contribution in [0.15, 0.2) is 52.2 Å². The second-order valence-corrected chi connectivity index (χ2v) is 8.34. The van der Waals surface area contributed by atoms with E-state index in [-0.39, 0.29) is 6.17 Å². The third-order valence-corrected chi connectivity index (χ3v) is 5.70. The van der Waals surface area contributed by atoms with E-state index in [2.05, 4.69) is 64.9 Å². The molecule has 1 aromatic rings. The van der Waals surface area contributed by atoms with Gasteiger partial charge < -0.3 is 5.32 Å². The van der Waals surface area contributed by atoms with Crippen molar-refractivity contribution in [1.29, 1.82) is 0 Å². The lowest BCUT2D eigenvalue weighted by Crippen LogP contribution is -2.57. The molecule has 1 saturated carbocycles. The Morgan fingerprint density at radius 2 is 1.93 bits per heavy atom. The molecule has 28 heavy (non-hydrogen) atoms. The number of hydrogen-bond acceptors (Lipinski definition) is 5. The summed E-state index contributed by atoms with van der Waals surface area (Å²) in [5, 5.41) is 12.6. The molecule has 0 amide bonds. The first-order chi connectivity index (χ1) is 13.6. The van der Waals surface area contributed by atoms with E-state index in [1.165, 1.54) is 37.7 Å². The number of hydrazine groups is 1. The number of rotatable bonds is 5. The van der Waals surface area contributed by atoms with E-state index < -0.39 is 0 Å². The second kappa shape index (κ2) is 8.25. The molecule has 0 bridgehead atoms. The standard InChI is InChI=1S/C22H32N6/c1-16(2)22-27(3)26-21-19(23-15-17-10-6-4-7-11-17)14-20(25-28(21)22)24-18-12-8-5-9-13-18/h4,6-7,10-11,14,16,18,22-23H,5,8-9,12-13,15H2,1-3H3,(H,24,25). The monoisotopic (exact) mass is 380 g/mol. The van der Waals surface area contributed by atoms with Gasteiger partial charge in [-0.15, -0.1) is 0 Å². The summed E-state index contributed by atoms with van der Waals surface area (Å²) in [7, 11) is 2.05. The highest BCUT2D eigenvalue weighted by Gasteiger charge is 2.39. The predicted molar refractivity (Wildman–Crippen MR) is 114 cm³/mol. The summed E-state index contributed by atoms with van der Waals surface area (Å²) in [6, 6.07) is 10.9. The molecule has 1 atom stereocenters. The van der Waals surface area contributed by atoms with Crippen molar-refractivity contribution in [3.05, 3.63) is 47.7 Å². The Labute approximate surface area is 168 Å². The van der Waals surface area contributed by atoms with Crippen molar-refractivity contribution in [2.75, 3.05) is 7.05 Å². The molecule has 6 heteroatoms. The van der Waals surface area contributed by atoms with Crippen molar-refractivity contribution < 1.29 is 0 Å². The van der Waals surface area contributed by atoms with Gasteiger partial charge in [0.05, 0.1) is 11.7 Å². The van der Waals surface area contributed by atoms with Crippen molar-refractivity contribution >= 4 is 11.7 Å². The number of benzene rings is 1. The number of nitrogens with zero attached hydrogens (tertiary/aromatic N) is 4. The maximum absolute atomic E-state index is 5.05. The molecule has 6 nitrogen and oxygen atoms in total. The van der Waals surface area contributed by atoms with Crippen LogP contribution in [0, 0.1) is 5.92 Å². The van der Waals surface area contributed by atoms with Gasteiger partial charge in [-0.1, -0.05) is 63.4 Å². The molecule has 2 N–H and O–H groups in total. The fraction of sp³-hybridized carbons (Fsp3) is 0.545. The van der Waals surface area contributed by atoms with Gasteiger partial charge in [0.2, 0.25) is 0 Å². The minimum atomic E-state index is 0.175. The average molecular weight is 381 g/mol. The fourth-order valence-corrected chi connectivity index (χ4v) is 4.33. The van der Waals surface area contributed by atoms with Gasteiger partial charge in [-0.2, -0.15) is 5.10 Å². The lowest BCUT2D eigenvalue weighted by Gasteiger charge is -2.36. The van der Waals surface area contributed by atoms with Crippen molar-refractivity contribution in [2.45, 2.75) is 64.7 Å². The van der Waals surface area contributed by atoms with E-state index in [0.29, 0.717) is 12.0 Å². The van der Waals surface area contributed by atoms with Crippen LogP contribution in [0.25, 0.3) is 0 Å². The average Bonchev–Trinajstić information content (AvgIpc) is 3.04. The Bertz CT molecular complexity index is 760. The summed E-state index contributed by atoms with van der Waals surface area (Å²) in [5.41, 5.74) is 5.84. The van der Waals surface area contributed by atoms with Crippen LogP contribution in [0.3, 0.4) is 0 Å². The Balaban J connectivity index is 1.59. The van der Waals surface area contributed by atoms with Gasteiger partial charge in [-0.25, -0.2) is 5.01 Å². The Morgan fingerprint density at radius 3 is 2.64 bits per heavy atom. The molecule has 1 fully saturated rings. The molecule has 1 aliphatic carbocycles. The molecule has 1 aromatic carbocycles. The predicted octanol–water partition coefficient (Wildman–Crippen LogP) is 3.45. The molecular formula is C22H32N6. The number of fused-ring (bicyclic) bond motifs is 1. The molecule has 3 aliphatic rings. The second-order valence-electron chi connectivity index (χ2n) is 8.34. The summed E-state index contributed by atoms with van der Waals surface area (Å²) in [4.78, 5) is 5.05. The van der Waals surface area contributed by atoms with Gasteiger partial charge >= 0.3 is 0 Å². The summed E-state index contributed by atoms with van der Waals surface area (Å²) in [5.74, 6) is 2.32. The molecular weight excluding hydrogens is 348 g/mol. The smallest absolute Gasteiger partial charge is 0.192 e. The summed E-state index contributed by atoms with van der Waals surface area (Å²) in [6.45, 7) is 5.23. The highest BCUT2D eigenvalue weighted by molar-refractivity contribution is 6.10. The van der Waals surface area contributed by atoms with Gasteiger partial charge in [0.25, 0.3) is 0 Å². The minimum Gasteiger partial charge on any atom is -0.378 e. The van der Waals surface area contributed by atoms with E-state index >= 15 is 0 Å². The fourth-order valence-electron chi connectivity index (χ4n) is 4.33. The molecule has 1 unspecified atom stereocenters. The first-order valence-electron chi connectivity index (χ1n) is 10.6. The molecule has 150 valence electrons. The van der Waals surface area contributed by atoms with Crippen molar-refractivity contribution in [3.8, 4) is 0 Å². The summed E-state index contributed by atoms with van der Waals surface area (Å²) >= 11 is 0. The van der Waals surface area contributed by atoms with E-state index in [0.717, 1.165) is 23.9 Å². The van der Waals surface area contributed by atoms with Crippen molar-refractivity contribution in [1.82, 2.24) is 20.8 Å². The number of hydrogen-bond donors (Lipinski definition) is 2. The van der Waals surface area contributed by atoms with Gasteiger partial charge in [0.1, 0.15) is 12.0 Å². The molecule has 0 radical (unpaired) electrons. The third kappa shape index (κ3) is 4.01. The van der Waals surface area contributed by atoms with Crippen LogP contribution in [0.1, 0.15) is 51.5 Å². The number of hydrazone groups is 1. The Morgan fingerprint density at radius 1 is 1.18 bits per heavy atom. The lowest BCUT2D eigenvalue weighted by atomic mass is 9.96. The van der Waals surface area contributed by atoms with Crippen LogP contribution < -0.4 is 10.7 Å². The molecule has 2 aliphatic heterocycles. The highest BCUT2D eigenvalue weighted by Crippen LogP contribution is 2.26. The minimum absolute atomic E-state index is 0.175. The summed E-state index contributed by atoms with van der Waals surface area (Å²) in [6.07, 6.45) is 8.62.